The summed E-state index contributed by atoms with van der Waals surface area (Å²) in [5.74, 6) is 0.393. The Morgan fingerprint density at radius 3 is 3.06 bits per heavy atom. The third-order valence-electron chi connectivity index (χ3n) is 5.43. The number of amides is 2. The summed E-state index contributed by atoms with van der Waals surface area (Å²) in [6.45, 7) is 3.14. The lowest BCUT2D eigenvalue weighted by atomic mass is 10.1. The van der Waals surface area contributed by atoms with Gasteiger partial charge in [-0.1, -0.05) is 23.4 Å². The van der Waals surface area contributed by atoms with Gasteiger partial charge in [-0.15, -0.1) is 0 Å². The van der Waals surface area contributed by atoms with Crippen molar-refractivity contribution in [3.63, 3.8) is 0 Å². The molecule has 1 aliphatic rings. The van der Waals surface area contributed by atoms with Gasteiger partial charge in [-0.25, -0.2) is 4.98 Å². The maximum atomic E-state index is 12.9. The third-order valence-corrected chi connectivity index (χ3v) is 5.43. The second kappa shape index (κ2) is 8.23. The van der Waals surface area contributed by atoms with E-state index in [-0.39, 0.29) is 5.91 Å². The number of nitrogens with zero attached hydrogens (tertiary/aromatic N) is 5. The van der Waals surface area contributed by atoms with Gasteiger partial charge in [0.15, 0.2) is 0 Å². The Morgan fingerprint density at radius 2 is 2.19 bits per heavy atom. The Bertz CT molecular complexity index is 1300. The van der Waals surface area contributed by atoms with E-state index in [9.17, 15) is 9.59 Å². The number of hydrogen-bond acceptors (Lipinski definition) is 7. The molecule has 4 heterocycles. The first-order valence-corrected chi connectivity index (χ1v) is 10.1. The lowest BCUT2D eigenvalue weighted by Crippen LogP contribution is -2.38. The number of hydrogen-bond donors (Lipinski definition) is 1. The summed E-state index contributed by atoms with van der Waals surface area (Å²) in [5, 5.41) is 7.00. The monoisotopic (exact) mass is 432 g/mol. The summed E-state index contributed by atoms with van der Waals surface area (Å²) in [4.78, 5) is 34.5. The molecule has 1 N–H and O–H groups in total. The molecular weight excluding hydrogens is 412 g/mol. The first kappa shape index (κ1) is 19.9. The second-order valence-corrected chi connectivity index (χ2v) is 7.45. The molecule has 0 saturated carbocycles. The zero-order chi connectivity index (χ0) is 22.1. The molecular formula is C22H20N6O4. The van der Waals surface area contributed by atoms with Gasteiger partial charge in [0.2, 0.25) is 12.2 Å². The maximum absolute atomic E-state index is 12.9. The number of ether oxygens (including phenoxy) is 1. The van der Waals surface area contributed by atoms with Gasteiger partial charge in [-0.3, -0.25) is 14.0 Å². The topological polar surface area (TPSA) is 115 Å². The third kappa shape index (κ3) is 3.60. The quantitative estimate of drug-likeness (QED) is 0.482. The van der Waals surface area contributed by atoms with E-state index in [1.54, 1.807) is 27.8 Å². The van der Waals surface area contributed by atoms with E-state index in [4.69, 9.17) is 9.26 Å². The van der Waals surface area contributed by atoms with Crippen LogP contribution in [-0.2, 0) is 9.53 Å². The highest BCUT2D eigenvalue weighted by atomic mass is 16.5. The molecule has 10 nitrogen and oxygen atoms in total. The Kier molecular flexibility index (Phi) is 5.12. The Balaban J connectivity index is 1.40. The fraction of sp³-hybridized carbons (Fsp3) is 0.227. The number of aromatic nitrogens is 4. The molecule has 0 unspecified atom stereocenters. The van der Waals surface area contributed by atoms with Crippen molar-refractivity contribution in [2.24, 2.45) is 0 Å². The molecule has 32 heavy (non-hydrogen) atoms. The van der Waals surface area contributed by atoms with Gasteiger partial charge in [0.05, 0.1) is 19.4 Å². The van der Waals surface area contributed by atoms with E-state index >= 15 is 0 Å². The van der Waals surface area contributed by atoms with Crippen LogP contribution in [0.1, 0.15) is 28.0 Å². The van der Waals surface area contributed by atoms with Crippen LogP contribution in [0.2, 0.25) is 0 Å². The van der Waals surface area contributed by atoms with Crippen LogP contribution in [0.25, 0.3) is 17.0 Å². The summed E-state index contributed by atoms with van der Waals surface area (Å²) in [5.41, 5.74) is 3.30. The summed E-state index contributed by atoms with van der Waals surface area (Å²) >= 11 is 0. The molecule has 3 aromatic heterocycles. The van der Waals surface area contributed by atoms with Crippen molar-refractivity contribution in [1.82, 2.24) is 24.4 Å². The minimum Gasteiger partial charge on any atom is -0.377 e. The zero-order valence-corrected chi connectivity index (χ0v) is 17.3. The number of rotatable bonds is 5. The number of pyridine rings is 1. The van der Waals surface area contributed by atoms with E-state index in [0.717, 1.165) is 12.0 Å². The van der Waals surface area contributed by atoms with E-state index < -0.39 is 6.04 Å². The number of aryl methyl sites for hydroxylation is 1. The standard InChI is InChI=1S/C22H20N6O4/c1-14-5-6-15(20-25-22(32-26-20)18-12-31-9-8-27(18)13-29)10-16(14)24-21(30)17-11-23-19-4-2-3-7-28(17)19/h2-7,10-11,13,18H,8-9,12H2,1H3,(H,24,30)/t18-/m0/s1. The van der Waals surface area contributed by atoms with Crippen LogP contribution in [-0.4, -0.2) is 56.5 Å². The highest BCUT2D eigenvalue weighted by Crippen LogP contribution is 2.27. The molecule has 2 amide bonds. The van der Waals surface area contributed by atoms with Crippen LogP contribution in [0, 0.1) is 6.92 Å². The molecule has 0 aliphatic carbocycles. The Labute approximate surface area is 182 Å². The molecule has 0 spiro atoms. The predicted molar refractivity (Wildman–Crippen MR) is 114 cm³/mol. The second-order valence-electron chi connectivity index (χ2n) is 7.45. The van der Waals surface area contributed by atoms with Crippen molar-refractivity contribution in [2.45, 2.75) is 13.0 Å². The first-order chi connectivity index (χ1) is 15.6. The molecule has 1 atom stereocenters. The number of carbonyl (C=O) groups excluding carboxylic acids is 2. The zero-order valence-electron chi connectivity index (χ0n) is 17.3. The average Bonchev–Trinajstić information content (AvgIpc) is 3.48. The molecule has 0 radical (unpaired) electrons. The fourth-order valence-electron chi connectivity index (χ4n) is 3.63. The SMILES string of the molecule is Cc1ccc(-c2noc([C@@H]3COCCN3C=O)n2)cc1NC(=O)c1cnc2ccccn12. The minimum absolute atomic E-state index is 0.279. The predicted octanol–water partition coefficient (Wildman–Crippen LogP) is 2.47. The Morgan fingerprint density at radius 1 is 1.28 bits per heavy atom. The normalized spacial score (nSPS) is 16.3. The molecule has 10 heteroatoms. The molecule has 1 fully saturated rings. The van der Waals surface area contributed by atoms with Crippen molar-refractivity contribution in [2.75, 3.05) is 25.1 Å². The highest BCUT2D eigenvalue weighted by Gasteiger charge is 2.28. The minimum atomic E-state index is -0.415. The number of fused-ring (bicyclic) bond motifs is 1. The molecule has 1 aromatic carbocycles. The van der Waals surface area contributed by atoms with E-state index in [2.05, 4.69) is 20.4 Å². The van der Waals surface area contributed by atoms with Crippen LogP contribution in [0.5, 0.6) is 0 Å². The van der Waals surface area contributed by atoms with Gasteiger partial charge in [-0.2, -0.15) is 4.98 Å². The molecule has 1 saturated heterocycles. The van der Waals surface area contributed by atoms with Crippen LogP contribution in [0.3, 0.4) is 0 Å². The van der Waals surface area contributed by atoms with E-state index in [0.29, 0.717) is 54.1 Å². The summed E-state index contributed by atoms with van der Waals surface area (Å²) < 4.78 is 12.6. The number of carbonyl (C=O) groups is 2. The van der Waals surface area contributed by atoms with Crippen LogP contribution < -0.4 is 5.32 Å². The van der Waals surface area contributed by atoms with Gasteiger partial charge < -0.3 is 19.5 Å². The lowest BCUT2D eigenvalue weighted by molar-refractivity contribution is -0.127. The summed E-state index contributed by atoms with van der Waals surface area (Å²) in [6, 6.07) is 10.6. The van der Waals surface area contributed by atoms with Crippen molar-refractivity contribution in [3.05, 3.63) is 65.9 Å². The van der Waals surface area contributed by atoms with Crippen molar-refractivity contribution >= 4 is 23.7 Å². The van der Waals surface area contributed by atoms with Gasteiger partial charge in [-0.05, 0) is 30.7 Å². The molecule has 4 aromatic rings. The average molecular weight is 432 g/mol. The number of imidazole rings is 1. The smallest absolute Gasteiger partial charge is 0.274 e. The number of nitrogens with one attached hydrogen (secondary N) is 1. The fourth-order valence-corrected chi connectivity index (χ4v) is 3.63. The largest absolute Gasteiger partial charge is 0.377 e. The molecule has 0 bridgehead atoms. The van der Waals surface area contributed by atoms with Crippen molar-refractivity contribution in [1.29, 1.82) is 0 Å². The lowest BCUT2D eigenvalue weighted by Gasteiger charge is -2.29. The van der Waals surface area contributed by atoms with Crippen LogP contribution in [0.15, 0.2) is 53.3 Å². The van der Waals surface area contributed by atoms with E-state index in [1.165, 1.54) is 0 Å². The number of anilines is 1. The number of morpholine rings is 1. The van der Waals surface area contributed by atoms with E-state index in [1.807, 2.05) is 37.3 Å². The molecule has 5 rings (SSSR count). The van der Waals surface area contributed by atoms with Gasteiger partial charge in [0.25, 0.3) is 11.8 Å². The van der Waals surface area contributed by atoms with Crippen LogP contribution >= 0.6 is 0 Å². The van der Waals surface area contributed by atoms with Crippen molar-refractivity contribution in [3.8, 4) is 11.4 Å². The van der Waals surface area contributed by atoms with Gasteiger partial charge in [0.1, 0.15) is 17.4 Å². The Hall–Kier alpha value is -4.05. The summed E-state index contributed by atoms with van der Waals surface area (Å²) in [7, 11) is 0. The van der Waals surface area contributed by atoms with Crippen LogP contribution in [0.4, 0.5) is 5.69 Å². The van der Waals surface area contributed by atoms with Gasteiger partial charge >= 0.3 is 0 Å². The molecule has 1 aliphatic heterocycles. The van der Waals surface area contributed by atoms with Gasteiger partial charge in [0, 0.05) is 24.0 Å². The highest BCUT2D eigenvalue weighted by molar-refractivity contribution is 6.04. The first-order valence-electron chi connectivity index (χ1n) is 10.1. The molecule has 162 valence electrons. The number of benzene rings is 1. The summed E-state index contributed by atoms with van der Waals surface area (Å²) in [6.07, 6.45) is 4.09. The maximum Gasteiger partial charge on any atom is 0.274 e. The van der Waals surface area contributed by atoms with Crippen molar-refractivity contribution < 1.29 is 18.8 Å².